The van der Waals surface area contributed by atoms with Crippen LogP contribution in [0, 0.1) is 0 Å². The van der Waals surface area contributed by atoms with Gasteiger partial charge in [0.1, 0.15) is 12.9 Å². The van der Waals surface area contributed by atoms with Gasteiger partial charge >= 0.3 is 6.09 Å². The molecule has 0 saturated carbocycles. The third kappa shape index (κ3) is 5.66. The second kappa shape index (κ2) is 9.88. The molecule has 0 saturated heterocycles. The minimum atomic E-state index is -0.542. The number of benzene rings is 2. The molecule has 0 spiro atoms. The minimum Gasteiger partial charge on any atom is -0.504 e. The normalized spacial score (nSPS) is 10.5. The Morgan fingerprint density at radius 1 is 1.23 bits per heavy atom. The number of carbonyl (C=O) groups excluding carboxylic acids is 2. The fraction of sp³-hybridized carbons (Fsp3) is 0.200. The van der Waals surface area contributed by atoms with Crippen molar-refractivity contribution in [2.24, 2.45) is 0 Å². The third-order valence-electron chi connectivity index (χ3n) is 3.44. The lowest BCUT2D eigenvalue weighted by molar-refractivity contribution is 0.112. The molecular weight excluding hydrogens is 334 g/mol. The summed E-state index contributed by atoms with van der Waals surface area (Å²) >= 11 is 0. The molecule has 0 aliphatic rings. The van der Waals surface area contributed by atoms with Crippen molar-refractivity contribution in [1.29, 1.82) is 0 Å². The van der Waals surface area contributed by atoms with E-state index in [1.165, 1.54) is 12.1 Å². The number of hydrogen-bond acceptors (Lipinski definition) is 5. The fourth-order valence-corrected chi connectivity index (χ4v) is 2.21. The predicted octanol–water partition coefficient (Wildman–Crippen LogP) is 3.54. The summed E-state index contributed by atoms with van der Waals surface area (Å²) in [5, 5.41) is 12.7. The van der Waals surface area contributed by atoms with Gasteiger partial charge in [-0.25, -0.2) is 4.79 Å². The van der Waals surface area contributed by atoms with Gasteiger partial charge in [0.25, 0.3) is 0 Å². The van der Waals surface area contributed by atoms with Crippen LogP contribution in [0.25, 0.3) is 6.08 Å². The topological polar surface area (TPSA) is 84.9 Å². The molecule has 0 heterocycles. The van der Waals surface area contributed by atoms with Crippen LogP contribution >= 0.6 is 0 Å². The molecule has 0 aliphatic carbocycles. The monoisotopic (exact) mass is 355 g/mol. The van der Waals surface area contributed by atoms with Crippen molar-refractivity contribution in [2.45, 2.75) is 13.5 Å². The number of ether oxygens (including phenoxy) is 2. The second-order valence-electron chi connectivity index (χ2n) is 5.35. The molecule has 2 N–H and O–H groups in total. The Bertz CT molecular complexity index is 771. The summed E-state index contributed by atoms with van der Waals surface area (Å²) in [5.74, 6) is 0.187. The smallest absolute Gasteiger partial charge is 0.407 e. The highest BCUT2D eigenvalue weighted by Gasteiger charge is 2.09. The van der Waals surface area contributed by atoms with Crippen molar-refractivity contribution >= 4 is 18.5 Å². The summed E-state index contributed by atoms with van der Waals surface area (Å²) < 4.78 is 10.4. The third-order valence-corrected chi connectivity index (χ3v) is 3.44. The van der Waals surface area contributed by atoms with Crippen LogP contribution in [-0.4, -0.2) is 30.6 Å². The van der Waals surface area contributed by atoms with Gasteiger partial charge in [0.05, 0.1) is 6.61 Å². The van der Waals surface area contributed by atoms with Crippen molar-refractivity contribution in [3.8, 4) is 11.5 Å². The lowest BCUT2D eigenvalue weighted by atomic mass is 10.1. The van der Waals surface area contributed by atoms with Crippen molar-refractivity contribution in [3.05, 3.63) is 65.2 Å². The zero-order chi connectivity index (χ0) is 18.8. The summed E-state index contributed by atoms with van der Waals surface area (Å²) in [5.41, 5.74) is 1.72. The molecular formula is C20H21NO5. The highest BCUT2D eigenvalue weighted by molar-refractivity contribution is 5.79. The van der Waals surface area contributed by atoms with E-state index in [0.717, 1.165) is 5.56 Å². The molecule has 2 aromatic rings. The van der Waals surface area contributed by atoms with E-state index < -0.39 is 6.09 Å². The Morgan fingerprint density at radius 3 is 2.69 bits per heavy atom. The highest BCUT2D eigenvalue weighted by Crippen LogP contribution is 2.32. The van der Waals surface area contributed by atoms with Crippen LogP contribution in [0.15, 0.2) is 48.5 Å². The van der Waals surface area contributed by atoms with E-state index in [4.69, 9.17) is 9.47 Å². The van der Waals surface area contributed by atoms with Crippen LogP contribution in [0.3, 0.4) is 0 Å². The van der Waals surface area contributed by atoms with Gasteiger partial charge in [0, 0.05) is 17.7 Å². The molecule has 0 aromatic heterocycles. The maximum atomic E-state index is 11.7. The fourth-order valence-electron chi connectivity index (χ4n) is 2.21. The number of rotatable bonds is 8. The van der Waals surface area contributed by atoms with Crippen molar-refractivity contribution < 1.29 is 24.2 Å². The van der Waals surface area contributed by atoms with Crippen molar-refractivity contribution in [3.63, 3.8) is 0 Å². The Labute approximate surface area is 152 Å². The first-order chi connectivity index (χ1) is 12.6. The van der Waals surface area contributed by atoms with Gasteiger partial charge in [-0.15, -0.1) is 0 Å². The molecule has 136 valence electrons. The Balaban J connectivity index is 1.88. The van der Waals surface area contributed by atoms with E-state index >= 15 is 0 Å². The summed E-state index contributed by atoms with van der Waals surface area (Å²) in [4.78, 5) is 22.7. The zero-order valence-electron chi connectivity index (χ0n) is 14.5. The molecule has 26 heavy (non-hydrogen) atoms. The highest BCUT2D eigenvalue weighted by atomic mass is 16.5. The second-order valence-corrected chi connectivity index (χ2v) is 5.35. The predicted molar refractivity (Wildman–Crippen MR) is 98.3 cm³/mol. The molecule has 2 aromatic carbocycles. The molecule has 0 radical (unpaired) electrons. The van der Waals surface area contributed by atoms with E-state index in [-0.39, 0.29) is 24.7 Å². The van der Waals surface area contributed by atoms with Gasteiger partial charge in [-0.05, 0) is 24.6 Å². The number of phenolic OH excluding ortho intramolecular Hbond substituents is 1. The minimum absolute atomic E-state index is 0.0552. The Morgan fingerprint density at radius 2 is 2.00 bits per heavy atom. The number of aldehydes is 1. The first-order valence-electron chi connectivity index (χ1n) is 8.20. The Kier molecular flexibility index (Phi) is 7.24. The van der Waals surface area contributed by atoms with Gasteiger partial charge in [-0.1, -0.05) is 42.5 Å². The maximum absolute atomic E-state index is 11.7. The van der Waals surface area contributed by atoms with Crippen LogP contribution in [-0.2, 0) is 11.3 Å². The first kappa shape index (κ1) is 19.1. The van der Waals surface area contributed by atoms with Gasteiger partial charge in [-0.3, -0.25) is 4.79 Å². The molecule has 6 nitrogen and oxygen atoms in total. The molecule has 0 bridgehead atoms. The van der Waals surface area contributed by atoms with Gasteiger partial charge in [0.2, 0.25) is 0 Å². The maximum Gasteiger partial charge on any atom is 0.407 e. The summed E-state index contributed by atoms with van der Waals surface area (Å²) in [6.07, 6.45) is 3.38. The van der Waals surface area contributed by atoms with Crippen LogP contribution in [0.5, 0.6) is 11.5 Å². The van der Waals surface area contributed by atoms with Crippen molar-refractivity contribution in [1.82, 2.24) is 5.32 Å². The average molecular weight is 355 g/mol. The van der Waals surface area contributed by atoms with E-state index in [0.29, 0.717) is 24.0 Å². The van der Waals surface area contributed by atoms with Gasteiger partial charge < -0.3 is 19.9 Å². The Hall–Kier alpha value is -3.28. The molecule has 2 rings (SSSR count). The standard InChI is InChI=1S/C20H21NO5/c1-2-25-18-12-16(13-22)11-17(19(18)23)9-6-10-21-20(24)26-14-15-7-4-3-5-8-15/h3-9,11-13,23H,2,10,14H2,1H3,(H,21,24). The number of nitrogens with one attached hydrogen (secondary N) is 1. The van der Waals surface area contributed by atoms with Crippen LogP contribution in [0.2, 0.25) is 0 Å². The molecule has 1 amide bonds. The molecule has 0 atom stereocenters. The number of amides is 1. The van der Waals surface area contributed by atoms with Crippen LogP contribution < -0.4 is 10.1 Å². The zero-order valence-corrected chi connectivity index (χ0v) is 14.5. The quantitative estimate of drug-likeness (QED) is 0.708. The van der Waals surface area contributed by atoms with Gasteiger partial charge in [0.15, 0.2) is 11.5 Å². The SMILES string of the molecule is CCOc1cc(C=O)cc(C=CCNC(=O)OCc2ccccc2)c1O. The van der Waals surface area contributed by atoms with E-state index in [1.54, 1.807) is 19.1 Å². The van der Waals surface area contributed by atoms with E-state index in [1.807, 2.05) is 30.3 Å². The summed E-state index contributed by atoms with van der Waals surface area (Å²) in [6.45, 7) is 2.56. The van der Waals surface area contributed by atoms with Crippen LogP contribution in [0.4, 0.5) is 4.79 Å². The summed E-state index contributed by atoms with van der Waals surface area (Å²) in [6, 6.07) is 12.4. The number of phenols is 1. The number of aromatic hydroxyl groups is 1. The summed E-state index contributed by atoms with van der Waals surface area (Å²) in [7, 11) is 0. The largest absolute Gasteiger partial charge is 0.504 e. The average Bonchev–Trinajstić information content (AvgIpc) is 2.67. The van der Waals surface area contributed by atoms with Crippen molar-refractivity contribution in [2.75, 3.05) is 13.2 Å². The lowest BCUT2D eigenvalue weighted by Crippen LogP contribution is -2.24. The molecule has 6 heteroatoms. The van der Waals surface area contributed by atoms with E-state index in [9.17, 15) is 14.7 Å². The number of carbonyl (C=O) groups is 2. The first-order valence-corrected chi connectivity index (χ1v) is 8.20. The lowest BCUT2D eigenvalue weighted by Gasteiger charge is -2.09. The van der Waals surface area contributed by atoms with Crippen LogP contribution in [0.1, 0.15) is 28.4 Å². The molecule has 0 aliphatic heterocycles. The molecule has 0 fully saturated rings. The molecule has 0 unspecified atom stereocenters. The number of hydrogen-bond donors (Lipinski definition) is 2. The number of alkyl carbamates (subject to hydrolysis) is 1. The van der Waals surface area contributed by atoms with E-state index in [2.05, 4.69) is 5.32 Å². The van der Waals surface area contributed by atoms with Gasteiger partial charge in [-0.2, -0.15) is 0 Å².